The lowest BCUT2D eigenvalue weighted by molar-refractivity contribution is 0.681. The normalized spacial score (nSPS) is 12.7. The summed E-state index contributed by atoms with van der Waals surface area (Å²) in [5.74, 6) is 0.379. The Morgan fingerprint density at radius 3 is 2.81 bits per heavy atom. The van der Waals surface area contributed by atoms with Crippen molar-refractivity contribution < 1.29 is 4.21 Å². The van der Waals surface area contributed by atoms with Crippen molar-refractivity contribution in [2.75, 3.05) is 5.73 Å². The highest BCUT2D eigenvalue weighted by atomic mass is 79.9. The number of halogens is 1. The summed E-state index contributed by atoms with van der Waals surface area (Å²) in [6.07, 6.45) is 0. The third kappa shape index (κ3) is 2.73. The Kier molecular flexibility index (Phi) is 3.82. The molecule has 0 bridgehead atoms. The monoisotopic (exact) mass is 363 g/mol. The molecule has 0 aliphatic rings. The zero-order chi connectivity index (χ0) is 15.0. The molecular formula is C15H14BrN3OS. The van der Waals surface area contributed by atoms with Gasteiger partial charge in [0.25, 0.3) is 0 Å². The zero-order valence-electron chi connectivity index (χ0n) is 11.4. The number of rotatable bonds is 3. The van der Waals surface area contributed by atoms with E-state index in [0.29, 0.717) is 11.4 Å². The third-order valence-corrected chi connectivity index (χ3v) is 5.60. The van der Waals surface area contributed by atoms with Gasteiger partial charge in [-0.1, -0.05) is 18.2 Å². The van der Waals surface area contributed by atoms with Crippen LogP contribution in [0.25, 0.3) is 10.9 Å². The quantitative estimate of drug-likeness (QED) is 0.726. The van der Waals surface area contributed by atoms with E-state index in [1.54, 1.807) is 18.2 Å². The molecule has 4 nitrogen and oxygen atoms in total. The van der Waals surface area contributed by atoms with Gasteiger partial charge in [-0.25, -0.2) is 0 Å². The fourth-order valence-electron chi connectivity index (χ4n) is 2.30. The SMILES string of the molecule is Cn1nc(CS(=O)c2ccc(N)cc2Br)c2ccccc21. The second-order valence-corrected chi connectivity index (χ2v) is 7.04. The number of hydrogen-bond acceptors (Lipinski definition) is 3. The predicted molar refractivity (Wildman–Crippen MR) is 89.4 cm³/mol. The van der Waals surface area contributed by atoms with Crippen molar-refractivity contribution in [3.05, 3.63) is 52.6 Å². The summed E-state index contributed by atoms with van der Waals surface area (Å²) in [5.41, 5.74) is 8.24. The zero-order valence-corrected chi connectivity index (χ0v) is 13.8. The van der Waals surface area contributed by atoms with E-state index < -0.39 is 10.8 Å². The average Bonchev–Trinajstić information content (AvgIpc) is 2.76. The number of hydrogen-bond donors (Lipinski definition) is 1. The number of nitrogens with zero attached hydrogens (tertiary/aromatic N) is 2. The molecule has 0 saturated heterocycles. The largest absolute Gasteiger partial charge is 0.399 e. The smallest absolute Gasteiger partial charge is 0.0831 e. The first-order chi connectivity index (χ1) is 10.1. The van der Waals surface area contributed by atoms with Gasteiger partial charge in [-0.3, -0.25) is 8.89 Å². The molecule has 3 rings (SSSR count). The van der Waals surface area contributed by atoms with Crippen molar-refractivity contribution in [2.45, 2.75) is 10.6 Å². The lowest BCUT2D eigenvalue weighted by Crippen LogP contribution is -2.00. The molecular weight excluding hydrogens is 350 g/mol. The number of para-hydroxylation sites is 1. The molecule has 2 aromatic carbocycles. The van der Waals surface area contributed by atoms with Crippen LogP contribution < -0.4 is 5.73 Å². The van der Waals surface area contributed by atoms with Gasteiger partial charge in [-0.05, 0) is 40.2 Å². The summed E-state index contributed by atoms with van der Waals surface area (Å²) in [4.78, 5) is 0.735. The van der Waals surface area contributed by atoms with Crippen LogP contribution in [0.1, 0.15) is 5.69 Å². The molecule has 0 amide bonds. The first kappa shape index (κ1) is 14.3. The van der Waals surface area contributed by atoms with E-state index in [1.807, 2.05) is 36.0 Å². The van der Waals surface area contributed by atoms with Crippen LogP contribution in [0.5, 0.6) is 0 Å². The molecule has 21 heavy (non-hydrogen) atoms. The molecule has 6 heteroatoms. The van der Waals surface area contributed by atoms with E-state index in [-0.39, 0.29) is 0 Å². The minimum Gasteiger partial charge on any atom is -0.399 e. The number of aromatic nitrogens is 2. The molecule has 1 aromatic heterocycles. The standard InChI is InChI=1S/C15H14BrN3OS/c1-19-14-5-3-2-4-11(14)13(18-19)9-21(20)15-7-6-10(17)8-12(15)16/h2-8H,9,17H2,1H3. The van der Waals surface area contributed by atoms with Crippen LogP contribution in [-0.4, -0.2) is 14.0 Å². The van der Waals surface area contributed by atoms with Gasteiger partial charge in [0.2, 0.25) is 0 Å². The number of aryl methyl sites for hydroxylation is 1. The summed E-state index contributed by atoms with van der Waals surface area (Å²) in [5, 5.41) is 5.53. The lowest BCUT2D eigenvalue weighted by Gasteiger charge is -2.04. The fourth-order valence-corrected chi connectivity index (χ4v) is 4.35. The number of nitrogen functional groups attached to an aromatic ring is 1. The van der Waals surface area contributed by atoms with Gasteiger partial charge in [0.05, 0.1) is 32.7 Å². The first-order valence-corrected chi connectivity index (χ1v) is 8.51. The molecule has 3 aromatic rings. The summed E-state index contributed by atoms with van der Waals surface area (Å²) in [6.45, 7) is 0. The summed E-state index contributed by atoms with van der Waals surface area (Å²) in [6, 6.07) is 13.3. The topological polar surface area (TPSA) is 60.9 Å². The van der Waals surface area contributed by atoms with Crippen molar-refractivity contribution in [2.24, 2.45) is 7.05 Å². The third-order valence-electron chi connectivity index (χ3n) is 3.30. The van der Waals surface area contributed by atoms with Gasteiger partial charge in [-0.15, -0.1) is 0 Å². The molecule has 0 radical (unpaired) electrons. The Hall–Kier alpha value is -1.66. The van der Waals surface area contributed by atoms with E-state index >= 15 is 0 Å². The van der Waals surface area contributed by atoms with Gasteiger partial charge in [-0.2, -0.15) is 5.10 Å². The fraction of sp³-hybridized carbons (Fsp3) is 0.133. The van der Waals surface area contributed by atoms with Gasteiger partial charge in [0.15, 0.2) is 0 Å². The lowest BCUT2D eigenvalue weighted by atomic mass is 10.2. The minimum atomic E-state index is -1.18. The van der Waals surface area contributed by atoms with E-state index in [9.17, 15) is 4.21 Å². The van der Waals surface area contributed by atoms with Gasteiger partial charge < -0.3 is 5.73 Å². The predicted octanol–water partition coefficient (Wildman–Crippen LogP) is 3.23. The Morgan fingerprint density at radius 2 is 2.05 bits per heavy atom. The van der Waals surface area contributed by atoms with Crippen molar-refractivity contribution in [3.63, 3.8) is 0 Å². The van der Waals surface area contributed by atoms with Crippen LogP contribution >= 0.6 is 15.9 Å². The Labute approximate surface area is 133 Å². The van der Waals surface area contributed by atoms with Crippen LogP contribution in [0.15, 0.2) is 51.8 Å². The van der Waals surface area contributed by atoms with Crippen LogP contribution in [-0.2, 0) is 23.6 Å². The van der Waals surface area contributed by atoms with Gasteiger partial charge in [0, 0.05) is 22.6 Å². The number of anilines is 1. The molecule has 108 valence electrons. The summed E-state index contributed by atoms with van der Waals surface area (Å²) >= 11 is 3.42. The molecule has 0 fully saturated rings. The maximum absolute atomic E-state index is 12.6. The number of nitrogens with two attached hydrogens (primary N) is 1. The Balaban J connectivity index is 1.97. The summed E-state index contributed by atoms with van der Waals surface area (Å²) < 4.78 is 15.2. The van der Waals surface area contributed by atoms with E-state index in [0.717, 1.165) is 26.0 Å². The highest BCUT2D eigenvalue weighted by Gasteiger charge is 2.14. The maximum atomic E-state index is 12.6. The maximum Gasteiger partial charge on any atom is 0.0831 e. The van der Waals surface area contributed by atoms with E-state index in [4.69, 9.17) is 5.73 Å². The van der Waals surface area contributed by atoms with E-state index in [1.165, 1.54) is 0 Å². The highest BCUT2D eigenvalue weighted by Crippen LogP contribution is 2.26. The number of benzene rings is 2. The van der Waals surface area contributed by atoms with Crippen molar-refractivity contribution in [3.8, 4) is 0 Å². The van der Waals surface area contributed by atoms with Gasteiger partial charge in [0.1, 0.15) is 0 Å². The molecule has 1 unspecified atom stereocenters. The second kappa shape index (κ2) is 5.61. The summed E-state index contributed by atoms with van der Waals surface area (Å²) in [7, 11) is 0.722. The molecule has 1 heterocycles. The first-order valence-electron chi connectivity index (χ1n) is 6.40. The van der Waals surface area contributed by atoms with Crippen molar-refractivity contribution in [1.82, 2.24) is 9.78 Å². The van der Waals surface area contributed by atoms with Crippen LogP contribution in [0.3, 0.4) is 0 Å². The van der Waals surface area contributed by atoms with Crippen molar-refractivity contribution >= 4 is 43.3 Å². The number of fused-ring (bicyclic) bond motifs is 1. The molecule has 1 atom stereocenters. The van der Waals surface area contributed by atoms with Crippen molar-refractivity contribution in [1.29, 1.82) is 0 Å². The Bertz CT molecular complexity index is 844. The molecule has 0 aliphatic carbocycles. The average molecular weight is 364 g/mol. The van der Waals surface area contributed by atoms with Crippen LogP contribution in [0.2, 0.25) is 0 Å². The molecule has 0 aliphatic heterocycles. The van der Waals surface area contributed by atoms with Gasteiger partial charge >= 0.3 is 0 Å². The van der Waals surface area contributed by atoms with Crippen LogP contribution in [0, 0.1) is 0 Å². The molecule has 0 saturated carbocycles. The van der Waals surface area contributed by atoms with E-state index in [2.05, 4.69) is 21.0 Å². The Morgan fingerprint density at radius 1 is 1.29 bits per heavy atom. The second-order valence-electron chi connectivity index (χ2n) is 4.77. The van der Waals surface area contributed by atoms with Crippen LogP contribution in [0.4, 0.5) is 5.69 Å². The molecule has 2 N–H and O–H groups in total. The minimum absolute atomic E-state index is 0.379. The highest BCUT2D eigenvalue weighted by molar-refractivity contribution is 9.10. The molecule has 0 spiro atoms.